The molecule has 0 bridgehead atoms. The molecule has 0 amide bonds. The minimum Gasteiger partial charge on any atom is -0.383 e. The van der Waals surface area contributed by atoms with Gasteiger partial charge in [0, 0.05) is 43.8 Å². The Hall–Kier alpha value is -1.46. The van der Waals surface area contributed by atoms with Crippen LogP contribution in [-0.2, 0) is 10.0 Å². The van der Waals surface area contributed by atoms with Gasteiger partial charge in [-0.1, -0.05) is 11.6 Å². The van der Waals surface area contributed by atoms with Gasteiger partial charge in [0.2, 0.25) is 0 Å². The molecular formula is C22H29ClFN5O2S2. The molecule has 1 aromatic carbocycles. The van der Waals surface area contributed by atoms with Crippen LogP contribution in [0.2, 0.25) is 5.02 Å². The van der Waals surface area contributed by atoms with Gasteiger partial charge in [0.05, 0.1) is 10.7 Å². The molecule has 3 heterocycles. The zero-order valence-electron chi connectivity index (χ0n) is 18.3. The van der Waals surface area contributed by atoms with Gasteiger partial charge in [0.25, 0.3) is 10.0 Å². The van der Waals surface area contributed by atoms with Crippen molar-refractivity contribution in [3.05, 3.63) is 34.5 Å². The number of nitrogens with zero attached hydrogens (tertiary/aromatic N) is 2. The lowest BCUT2D eigenvalue weighted by Gasteiger charge is -2.22. The molecule has 180 valence electrons. The highest BCUT2D eigenvalue weighted by Gasteiger charge is 2.41. The minimum absolute atomic E-state index is 0.178. The van der Waals surface area contributed by atoms with Crippen LogP contribution in [0.5, 0.6) is 0 Å². The second kappa shape index (κ2) is 9.65. The van der Waals surface area contributed by atoms with Crippen molar-refractivity contribution in [3.63, 3.8) is 0 Å². The Labute approximate surface area is 203 Å². The van der Waals surface area contributed by atoms with E-state index in [1.54, 1.807) is 5.38 Å². The summed E-state index contributed by atoms with van der Waals surface area (Å²) in [7, 11) is -4.11. The minimum atomic E-state index is -4.11. The lowest BCUT2D eigenvalue weighted by Crippen LogP contribution is -2.37. The van der Waals surface area contributed by atoms with Crippen LogP contribution in [0, 0.1) is 23.6 Å². The summed E-state index contributed by atoms with van der Waals surface area (Å²) in [5, 5.41) is 8.85. The van der Waals surface area contributed by atoms with E-state index < -0.39 is 20.7 Å². The molecule has 2 aliphatic heterocycles. The largest absolute Gasteiger partial charge is 0.383 e. The molecule has 0 spiro atoms. The van der Waals surface area contributed by atoms with Crippen molar-refractivity contribution in [1.29, 1.82) is 0 Å². The molecule has 5 rings (SSSR count). The molecule has 0 unspecified atom stereocenters. The van der Waals surface area contributed by atoms with Gasteiger partial charge in [-0.05, 0) is 62.1 Å². The van der Waals surface area contributed by atoms with Gasteiger partial charge in [-0.25, -0.2) is 17.8 Å². The number of sulfonamides is 1. The molecule has 2 aromatic rings. The fourth-order valence-electron chi connectivity index (χ4n) is 5.63. The molecule has 3 N–H and O–H groups in total. The molecule has 0 radical (unpaired) electrons. The van der Waals surface area contributed by atoms with Crippen molar-refractivity contribution < 1.29 is 12.8 Å². The molecular weight excluding hydrogens is 485 g/mol. The van der Waals surface area contributed by atoms with Gasteiger partial charge < -0.3 is 15.5 Å². The first-order valence-corrected chi connectivity index (χ1v) is 14.2. The van der Waals surface area contributed by atoms with E-state index in [0.29, 0.717) is 24.2 Å². The molecule has 1 aliphatic carbocycles. The lowest BCUT2D eigenvalue weighted by atomic mass is 10.0. The van der Waals surface area contributed by atoms with E-state index in [1.807, 2.05) is 0 Å². The Kier molecular flexibility index (Phi) is 6.81. The molecule has 2 saturated heterocycles. The Balaban J connectivity index is 1.15. The van der Waals surface area contributed by atoms with Gasteiger partial charge in [-0.2, -0.15) is 0 Å². The fraction of sp³-hybridized carbons (Fsp3) is 0.591. The topological polar surface area (TPSA) is 86.4 Å². The summed E-state index contributed by atoms with van der Waals surface area (Å²) in [5.74, 6) is 1.14. The van der Waals surface area contributed by atoms with E-state index >= 15 is 0 Å². The highest BCUT2D eigenvalue weighted by Crippen LogP contribution is 2.42. The first-order valence-electron chi connectivity index (χ1n) is 11.5. The van der Waals surface area contributed by atoms with E-state index in [-0.39, 0.29) is 10.2 Å². The normalized spacial score (nSPS) is 27.7. The summed E-state index contributed by atoms with van der Waals surface area (Å²) >= 11 is 7.44. The van der Waals surface area contributed by atoms with Crippen LogP contribution in [0.15, 0.2) is 28.6 Å². The lowest BCUT2D eigenvalue weighted by molar-refractivity contribution is 0.273. The molecule has 3 fully saturated rings. The van der Waals surface area contributed by atoms with Crippen molar-refractivity contribution in [2.45, 2.75) is 36.6 Å². The van der Waals surface area contributed by atoms with Crippen molar-refractivity contribution >= 4 is 43.8 Å². The van der Waals surface area contributed by atoms with Crippen LogP contribution in [0.25, 0.3) is 0 Å². The number of thiazole rings is 1. The first-order chi connectivity index (χ1) is 15.9. The van der Waals surface area contributed by atoms with Crippen molar-refractivity contribution in [3.8, 4) is 0 Å². The number of halogens is 2. The maximum Gasteiger partial charge on any atom is 0.266 e. The third-order valence-corrected chi connectivity index (χ3v) is 9.60. The van der Waals surface area contributed by atoms with Gasteiger partial charge in [-0.15, -0.1) is 11.3 Å². The van der Waals surface area contributed by atoms with Gasteiger partial charge in [0.15, 0.2) is 5.13 Å². The maximum atomic E-state index is 14.7. The van der Waals surface area contributed by atoms with E-state index in [4.69, 9.17) is 11.6 Å². The number of likely N-dealkylation sites (tertiary alicyclic amines) is 1. The Morgan fingerprint density at radius 2 is 2.06 bits per heavy atom. The monoisotopic (exact) mass is 513 g/mol. The number of nitrogens with one attached hydrogen (secondary N) is 3. The van der Waals surface area contributed by atoms with Crippen molar-refractivity contribution in [2.75, 3.05) is 42.8 Å². The highest BCUT2D eigenvalue weighted by atomic mass is 35.5. The predicted octanol–water partition coefficient (Wildman–Crippen LogP) is 3.86. The van der Waals surface area contributed by atoms with Gasteiger partial charge in [-0.3, -0.25) is 4.72 Å². The first kappa shape index (κ1) is 23.3. The van der Waals surface area contributed by atoms with Crippen LogP contribution in [0.3, 0.4) is 0 Å². The molecule has 1 saturated carbocycles. The Morgan fingerprint density at radius 1 is 1.27 bits per heavy atom. The van der Waals surface area contributed by atoms with Crippen LogP contribution >= 0.6 is 22.9 Å². The quantitative estimate of drug-likeness (QED) is 0.497. The van der Waals surface area contributed by atoms with Crippen molar-refractivity contribution in [1.82, 2.24) is 15.2 Å². The number of hydrogen-bond acceptors (Lipinski definition) is 7. The summed E-state index contributed by atoms with van der Waals surface area (Å²) in [6, 6.07) is 2.99. The fourth-order valence-corrected chi connectivity index (χ4v) is 7.80. The Morgan fingerprint density at radius 3 is 2.73 bits per heavy atom. The van der Waals surface area contributed by atoms with Crippen LogP contribution in [-0.4, -0.2) is 57.1 Å². The molecule has 4 atom stereocenters. The molecule has 33 heavy (non-hydrogen) atoms. The van der Waals surface area contributed by atoms with Crippen LogP contribution in [0.1, 0.15) is 25.7 Å². The van der Waals surface area contributed by atoms with Crippen LogP contribution < -0.4 is 15.4 Å². The predicted molar refractivity (Wildman–Crippen MR) is 130 cm³/mol. The van der Waals surface area contributed by atoms with E-state index in [2.05, 4.69) is 25.2 Å². The highest BCUT2D eigenvalue weighted by molar-refractivity contribution is 7.93. The smallest absolute Gasteiger partial charge is 0.266 e. The summed E-state index contributed by atoms with van der Waals surface area (Å²) < 4.78 is 42.0. The zero-order valence-corrected chi connectivity index (χ0v) is 20.7. The number of rotatable bonds is 8. The summed E-state index contributed by atoms with van der Waals surface area (Å²) in [4.78, 5) is 6.01. The Bertz CT molecular complexity index is 1060. The van der Waals surface area contributed by atoms with Gasteiger partial charge in [0.1, 0.15) is 10.7 Å². The summed E-state index contributed by atoms with van der Waals surface area (Å²) in [5.41, 5.74) is 0.424. The van der Waals surface area contributed by atoms with Crippen LogP contribution in [0.4, 0.5) is 15.2 Å². The zero-order chi connectivity index (χ0) is 23.0. The standard InChI is InChI=1S/C22H29ClFN5O2S2/c23-18-8-21(33(30,31)28-22-26-4-5-32-22)19(24)9-20(18)27-10-14-6-15-11-29(12-16(15)7-14)13-17-2-1-3-25-17/h4-5,8-9,14-17,25,27H,1-3,6-7,10-13H2,(H,26,28)/t14-,15+,16-,17-/m0/s1. The summed E-state index contributed by atoms with van der Waals surface area (Å²) in [6.07, 6.45) is 6.38. The third kappa shape index (κ3) is 5.30. The van der Waals surface area contributed by atoms with E-state index in [9.17, 15) is 12.8 Å². The van der Waals surface area contributed by atoms with Crippen molar-refractivity contribution in [2.24, 2.45) is 17.8 Å². The average molecular weight is 514 g/mol. The SMILES string of the molecule is O=S(=O)(Nc1nccs1)c1cc(Cl)c(NC[C@H]2C[C@@H]3CN(C[C@@H]4CCCN4)C[C@@H]3C2)cc1F. The summed E-state index contributed by atoms with van der Waals surface area (Å²) in [6.45, 7) is 5.37. The maximum absolute atomic E-state index is 14.7. The van der Waals surface area contributed by atoms with E-state index in [1.165, 1.54) is 38.2 Å². The average Bonchev–Trinajstić information content (AvgIpc) is 3.54. The number of aromatic nitrogens is 1. The van der Waals surface area contributed by atoms with Gasteiger partial charge >= 0.3 is 0 Å². The second-order valence-corrected chi connectivity index (χ2v) is 12.4. The number of fused-ring (bicyclic) bond motifs is 1. The molecule has 1 aromatic heterocycles. The van der Waals surface area contributed by atoms with E-state index in [0.717, 1.165) is 55.2 Å². The number of benzene rings is 1. The number of anilines is 2. The molecule has 7 nitrogen and oxygen atoms in total. The molecule has 3 aliphatic rings. The molecule has 11 heteroatoms. The second-order valence-electron chi connectivity index (χ2n) is 9.46. The number of hydrogen-bond donors (Lipinski definition) is 3. The third-order valence-electron chi connectivity index (χ3n) is 7.11.